The van der Waals surface area contributed by atoms with E-state index >= 15 is 0 Å². The van der Waals surface area contributed by atoms with Crippen LogP contribution in [0.2, 0.25) is 0 Å². The Hall–Kier alpha value is -2.06. The number of allylic oxidation sites excluding steroid dienone is 1. The average Bonchev–Trinajstić information content (AvgIpc) is 2.97. The van der Waals surface area contributed by atoms with Crippen LogP contribution in [0.25, 0.3) is 0 Å². The second kappa shape index (κ2) is 7.02. The van der Waals surface area contributed by atoms with Gasteiger partial charge in [0.1, 0.15) is 5.75 Å². The molecule has 29 heavy (non-hydrogen) atoms. The van der Waals surface area contributed by atoms with E-state index in [-0.39, 0.29) is 17.4 Å². The van der Waals surface area contributed by atoms with Crippen molar-refractivity contribution in [2.75, 3.05) is 0 Å². The fraction of sp³-hybridized carbons (Fsp3) is 0.481. The lowest BCUT2D eigenvalue weighted by atomic mass is 9.51. The van der Waals surface area contributed by atoms with Crippen LogP contribution in [0, 0.1) is 23.2 Å². The molecule has 0 radical (unpaired) electrons. The third kappa shape index (κ3) is 2.95. The topological polar surface area (TPSA) is 40.5 Å². The Bertz CT molecular complexity index is 917. The van der Waals surface area contributed by atoms with Crippen LogP contribution in [0.1, 0.15) is 61.6 Å². The van der Waals surface area contributed by atoms with Gasteiger partial charge >= 0.3 is 0 Å². The minimum atomic E-state index is -0.238. The first-order valence-corrected chi connectivity index (χ1v) is 11.2. The Morgan fingerprint density at radius 3 is 2.62 bits per heavy atom. The summed E-state index contributed by atoms with van der Waals surface area (Å²) >= 11 is 0. The highest BCUT2D eigenvalue weighted by molar-refractivity contribution is 5.43. The Balaban J connectivity index is 1.67. The molecule has 2 N–H and O–H groups in total. The molecule has 2 heteroatoms. The number of phenols is 1. The summed E-state index contributed by atoms with van der Waals surface area (Å²) in [5.41, 5.74) is 4.35. The summed E-state index contributed by atoms with van der Waals surface area (Å²) in [6.07, 6.45) is 8.41. The average molecular weight is 389 g/mol. The van der Waals surface area contributed by atoms with Crippen molar-refractivity contribution in [3.8, 4) is 5.75 Å². The predicted octanol–water partition coefficient (Wildman–Crippen LogP) is 5.81. The summed E-state index contributed by atoms with van der Waals surface area (Å²) in [6.45, 7) is 4.51. The molecule has 3 aliphatic rings. The van der Waals surface area contributed by atoms with Crippen molar-refractivity contribution < 1.29 is 10.2 Å². The zero-order chi connectivity index (χ0) is 20.2. The van der Waals surface area contributed by atoms with Crippen LogP contribution in [0.3, 0.4) is 0 Å². The number of rotatable bonds is 2. The summed E-state index contributed by atoms with van der Waals surface area (Å²) < 4.78 is 0. The Labute approximate surface area is 174 Å². The van der Waals surface area contributed by atoms with Crippen molar-refractivity contribution in [2.45, 2.75) is 57.5 Å². The molecule has 0 aliphatic heterocycles. The van der Waals surface area contributed by atoms with Crippen LogP contribution < -0.4 is 0 Å². The summed E-state index contributed by atoms with van der Waals surface area (Å²) in [5.74, 6) is 2.55. The van der Waals surface area contributed by atoms with Crippen molar-refractivity contribution in [3.63, 3.8) is 0 Å². The van der Waals surface area contributed by atoms with Gasteiger partial charge in [-0.3, -0.25) is 0 Å². The molecule has 2 aromatic rings. The summed E-state index contributed by atoms with van der Waals surface area (Å²) in [4.78, 5) is 0. The number of phenolic OH excluding ortho intramolecular Hbond substituents is 1. The second-order valence-corrected chi connectivity index (χ2v) is 9.88. The first-order chi connectivity index (χ1) is 14.0. The van der Waals surface area contributed by atoms with E-state index in [9.17, 15) is 10.2 Å². The second-order valence-electron chi connectivity index (χ2n) is 9.88. The minimum absolute atomic E-state index is 0.201. The van der Waals surface area contributed by atoms with Gasteiger partial charge in [0, 0.05) is 5.92 Å². The Kier molecular flexibility index (Phi) is 4.58. The zero-order valence-corrected chi connectivity index (χ0v) is 17.5. The van der Waals surface area contributed by atoms with E-state index in [1.54, 1.807) is 0 Å². The smallest absolute Gasteiger partial charge is 0.115 e. The molecule has 152 valence electrons. The standard InChI is InChI=1S/C27H32O2/c1-3-7-22-24(29)16-27(2)13-12-21-20-11-10-19(28)14-18(20)15-23(25(21)26(22)27)17-8-5-4-6-9-17/h3-11,14,21-26,28-29H,12-13,15-16H2,1-2H3/t21-,22+,23+,24+,25+,26+,27-/m1/s1. The molecule has 0 bridgehead atoms. The predicted molar refractivity (Wildman–Crippen MR) is 117 cm³/mol. The van der Waals surface area contributed by atoms with Gasteiger partial charge in [0.2, 0.25) is 0 Å². The van der Waals surface area contributed by atoms with Crippen molar-refractivity contribution in [1.29, 1.82) is 0 Å². The van der Waals surface area contributed by atoms with Crippen LogP contribution in [0.5, 0.6) is 5.75 Å². The highest BCUT2D eigenvalue weighted by Gasteiger charge is 2.59. The highest BCUT2D eigenvalue weighted by atomic mass is 16.3. The van der Waals surface area contributed by atoms with E-state index < -0.39 is 0 Å². The van der Waals surface area contributed by atoms with Gasteiger partial charge in [-0.25, -0.2) is 0 Å². The van der Waals surface area contributed by atoms with E-state index in [1.165, 1.54) is 29.5 Å². The van der Waals surface area contributed by atoms with E-state index in [4.69, 9.17) is 0 Å². The van der Waals surface area contributed by atoms with Crippen LogP contribution in [0.15, 0.2) is 60.7 Å². The Morgan fingerprint density at radius 2 is 1.86 bits per heavy atom. The van der Waals surface area contributed by atoms with Gasteiger partial charge in [-0.2, -0.15) is 0 Å². The normalized spacial score (nSPS) is 38.4. The molecule has 0 saturated heterocycles. The number of aromatic hydroxyl groups is 1. The van der Waals surface area contributed by atoms with Gasteiger partial charge < -0.3 is 10.2 Å². The molecule has 7 atom stereocenters. The molecular formula is C27H32O2. The third-order valence-electron chi connectivity index (χ3n) is 8.32. The third-order valence-corrected chi connectivity index (χ3v) is 8.32. The summed E-state index contributed by atoms with van der Waals surface area (Å²) in [5, 5.41) is 21.1. The zero-order valence-electron chi connectivity index (χ0n) is 17.5. The molecule has 5 rings (SSSR count). The first-order valence-electron chi connectivity index (χ1n) is 11.2. The number of hydrogen-bond donors (Lipinski definition) is 2. The minimum Gasteiger partial charge on any atom is -0.508 e. The van der Waals surface area contributed by atoms with E-state index in [0.717, 1.165) is 12.8 Å². The molecule has 0 amide bonds. The van der Waals surface area contributed by atoms with Gasteiger partial charge in [0.15, 0.2) is 0 Å². The maximum absolute atomic E-state index is 11.0. The molecule has 0 aromatic heterocycles. The van der Waals surface area contributed by atoms with Gasteiger partial charge in [-0.15, -0.1) is 0 Å². The van der Waals surface area contributed by atoms with Gasteiger partial charge in [0.05, 0.1) is 6.10 Å². The molecule has 0 spiro atoms. The van der Waals surface area contributed by atoms with E-state index in [1.807, 2.05) is 12.1 Å². The summed E-state index contributed by atoms with van der Waals surface area (Å²) in [7, 11) is 0. The molecule has 0 heterocycles. The highest BCUT2D eigenvalue weighted by Crippen LogP contribution is 2.65. The van der Waals surface area contributed by atoms with E-state index in [0.29, 0.717) is 29.4 Å². The largest absolute Gasteiger partial charge is 0.508 e. The van der Waals surface area contributed by atoms with Crippen molar-refractivity contribution in [2.24, 2.45) is 23.2 Å². The van der Waals surface area contributed by atoms with Crippen LogP contribution in [0.4, 0.5) is 0 Å². The fourth-order valence-corrected chi connectivity index (χ4v) is 7.28. The fourth-order valence-electron chi connectivity index (χ4n) is 7.28. The van der Waals surface area contributed by atoms with Crippen molar-refractivity contribution in [1.82, 2.24) is 0 Å². The van der Waals surface area contributed by atoms with Gasteiger partial charge in [-0.05, 0) is 90.5 Å². The van der Waals surface area contributed by atoms with Gasteiger partial charge in [-0.1, -0.05) is 55.5 Å². The quantitative estimate of drug-likeness (QED) is 0.638. The molecule has 2 saturated carbocycles. The van der Waals surface area contributed by atoms with Gasteiger partial charge in [0.25, 0.3) is 0 Å². The number of hydrogen-bond acceptors (Lipinski definition) is 2. The summed E-state index contributed by atoms with van der Waals surface area (Å²) in [6, 6.07) is 17.0. The lowest BCUT2D eigenvalue weighted by Gasteiger charge is -2.53. The molecule has 0 unspecified atom stereocenters. The number of aliphatic hydroxyl groups is 1. The number of benzene rings is 2. The molecule has 2 aromatic carbocycles. The van der Waals surface area contributed by atoms with Crippen LogP contribution in [-0.2, 0) is 6.42 Å². The van der Waals surface area contributed by atoms with E-state index in [2.05, 4.69) is 62.4 Å². The monoisotopic (exact) mass is 388 g/mol. The molecular weight excluding hydrogens is 356 g/mol. The molecule has 2 nitrogen and oxygen atoms in total. The van der Waals surface area contributed by atoms with Crippen LogP contribution >= 0.6 is 0 Å². The Morgan fingerprint density at radius 1 is 1.07 bits per heavy atom. The number of aliphatic hydroxyl groups excluding tert-OH is 1. The van der Waals surface area contributed by atoms with Crippen molar-refractivity contribution >= 4 is 0 Å². The molecule has 2 fully saturated rings. The lowest BCUT2D eigenvalue weighted by molar-refractivity contribution is 0.0307. The maximum Gasteiger partial charge on any atom is 0.115 e. The SMILES string of the molecule is CC=C[C@@H]1[C@H]2[C@H]3[C@H](CC[C@]2(C)C[C@@H]1O)c1ccc(O)cc1C[C@H]3c1ccccc1. The number of fused-ring (bicyclic) bond motifs is 5. The molecule has 3 aliphatic carbocycles. The lowest BCUT2D eigenvalue weighted by Crippen LogP contribution is -2.45. The van der Waals surface area contributed by atoms with Crippen molar-refractivity contribution in [3.05, 3.63) is 77.4 Å². The maximum atomic E-state index is 11.0. The van der Waals surface area contributed by atoms with Crippen LogP contribution in [-0.4, -0.2) is 16.3 Å². The first kappa shape index (κ1) is 18.9.